The third kappa shape index (κ3) is 8.32. The molecule has 0 radical (unpaired) electrons. The molecule has 1 aliphatic heterocycles. The molecule has 3 N–H and O–H groups in total. The second kappa shape index (κ2) is 14.5. The lowest BCUT2D eigenvalue weighted by molar-refractivity contribution is -0.134. The highest BCUT2D eigenvalue weighted by molar-refractivity contribution is 7.99. The van der Waals surface area contributed by atoms with Gasteiger partial charge in [-0.05, 0) is 69.5 Å². The van der Waals surface area contributed by atoms with E-state index in [1.165, 1.54) is 34.4 Å². The number of carboxylic acid groups (broad SMARTS) is 2. The standard InChI is InChI=1S/C22H19N5O4S3.C4H4O4/c1-27-22(24-25-26-27)34-12-15-14-11-17(31-21(29)19-5-3-9-33-19)16(10-13(14)6-7-23-15)30-20(28)18-4-2-8-32-18;5-3(6)1-2-4(7)8/h2-5,8-11,15,23H,6-7,12H2,1H3;1-2H,(H,5,6)(H,7,8). The summed E-state index contributed by atoms with van der Waals surface area (Å²) in [5.41, 5.74) is 2.02. The van der Waals surface area contributed by atoms with Crippen LogP contribution in [-0.2, 0) is 23.1 Å². The van der Waals surface area contributed by atoms with Crippen molar-refractivity contribution in [2.75, 3.05) is 12.3 Å². The van der Waals surface area contributed by atoms with E-state index >= 15 is 0 Å². The number of nitrogens with one attached hydrogen (secondary N) is 1. The van der Waals surface area contributed by atoms with Gasteiger partial charge in [-0.3, -0.25) is 0 Å². The lowest BCUT2D eigenvalue weighted by atomic mass is 9.94. The van der Waals surface area contributed by atoms with Gasteiger partial charge in [0.15, 0.2) is 11.5 Å². The first-order valence-electron chi connectivity index (χ1n) is 12.1. The Balaban J connectivity index is 0.000000446. The average Bonchev–Trinajstić information content (AvgIpc) is 3.75. The van der Waals surface area contributed by atoms with E-state index in [1.807, 2.05) is 5.38 Å². The van der Waals surface area contributed by atoms with Crippen molar-refractivity contribution >= 4 is 58.3 Å². The highest BCUT2D eigenvalue weighted by atomic mass is 32.2. The first-order chi connectivity index (χ1) is 20.2. The average molecular weight is 630 g/mol. The maximum absolute atomic E-state index is 12.7. The van der Waals surface area contributed by atoms with Gasteiger partial charge in [0.1, 0.15) is 9.75 Å². The van der Waals surface area contributed by atoms with Crippen LogP contribution >= 0.6 is 34.4 Å². The molecule has 42 heavy (non-hydrogen) atoms. The number of tetrazole rings is 1. The summed E-state index contributed by atoms with van der Waals surface area (Å²) in [6.45, 7) is 0.766. The van der Waals surface area contributed by atoms with Gasteiger partial charge in [0.25, 0.3) is 0 Å². The number of benzene rings is 1. The maximum Gasteiger partial charge on any atom is 0.353 e. The summed E-state index contributed by atoms with van der Waals surface area (Å²) in [7, 11) is 1.79. The van der Waals surface area contributed by atoms with Gasteiger partial charge in [0, 0.05) is 31.0 Å². The summed E-state index contributed by atoms with van der Waals surface area (Å²) in [5.74, 6) is -2.38. The minimum atomic E-state index is -1.26. The highest BCUT2D eigenvalue weighted by Gasteiger charge is 2.26. The highest BCUT2D eigenvalue weighted by Crippen LogP contribution is 2.38. The van der Waals surface area contributed by atoms with Crippen molar-refractivity contribution < 1.29 is 38.9 Å². The normalized spacial score (nSPS) is 14.0. The Morgan fingerprint density at radius 1 is 1.02 bits per heavy atom. The quantitative estimate of drug-likeness (QED) is 0.106. The number of ether oxygens (including phenoxy) is 2. The van der Waals surface area contributed by atoms with E-state index in [0.717, 1.165) is 24.1 Å². The van der Waals surface area contributed by atoms with Gasteiger partial charge in [0.05, 0.1) is 0 Å². The number of aromatic nitrogens is 4. The number of thioether (sulfide) groups is 1. The summed E-state index contributed by atoms with van der Waals surface area (Å²) in [6.07, 6.45) is 1.87. The summed E-state index contributed by atoms with van der Waals surface area (Å²) in [4.78, 5) is 45.4. The number of rotatable bonds is 9. The first kappa shape index (κ1) is 30.6. The van der Waals surface area contributed by atoms with Gasteiger partial charge < -0.3 is 25.0 Å². The van der Waals surface area contributed by atoms with Crippen LogP contribution in [0.4, 0.5) is 0 Å². The summed E-state index contributed by atoms with van der Waals surface area (Å²) >= 11 is 4.11. The molecular formula is C26H23N5O8S3. The number of aliphatic carboxylic acids is 2. The molecular weight excluding hydrogens is 607 g/mol. The molecule has 1 aromatic carbocycles. The zero-order chi connectivity index (χ0) is 30.1. The van der Waals surface area contributed by atoms with Crippen molar-refractivity contribution in [3.63, 3.8) is 0 Å². The Labute approximate surface area is 250 Å². The topological polar surface area (TPSA) is 183 Å². The summed E-state index contributed by atoms with van der Waals surface area (Å²) < 4.78 is 13.0. The molecule has 0 fully saturated rings. The summed E-state index contributed by atoms with van der Waals surface area (Å²) in [6, 6.07) is 10.5. The molecule has 4 heterocycles. The van der Waals surface area contributed by atoms with Crippen molar-refractivity contribution in [2.24, 2.45) is 7.05 Å². The Bertz CT molecular complexity index is 1570. The third-order valence-corrected chi connectivity index (χ3v) is 8.35. The Hall–Kier alpha value is -4.38. The number of hydrogen-bond donors (Lipinski definition) is 3. The van der Waals surface area contributed by atoms with Crippen molar-refractivity contribution in [1.82, 2.24) is 25.5 Å². The van der Waals surface area contributed by atoms with Gasteiger partial charge >= 0.3 is 23.9 Å². The number of carboxylic acids is 2. The molecule has 1 aliphatic rings. The van der Waals surface area contributed by atoms with Gasteiger partial charge in [-0.1, -0.05) is 23.9 Å². The maximum atomic E-state index is 12.7. The molecule has 0 saturated heterocycles. The second-order valence-corrected chi connectivity index (χ2v) is 11.3. The molecule has 13 nitrogen and oxygen atoms in total. The van der Waals surface area contributed by atoms with E-state index in [2.05, 4.69) is 20.8 Å². The number of nitrogens with zero attached hydrogens (tertiary/aromatic N) is 4. The smallest absolute Gasteiger partial charge is 0.353 e. The number of carbonyl (C=O) groups is 4. The lowest BCUT2D eigenvalue weighted by Crippen LogP contribution is -2.31. The van der Waals surface area contributed by atoms with Crippen molar-refractivity contribution in [1.29, 1.82) is 0 Å². The number of aryl methyl sites for hydroxylation is 1. The first-order valence-corrected chi connectivity index (χ1v) is 14.9. The molecule has 218 valence electrons. The Morgan fingerprint density at radius 3 is 2.12 bits per heavy atom. The molecule has 1 atom stereocenters. The largest absolute Gasteiger partial charge is 0.478 e. The van der Waals surface area contributed by atoms with Crippen LogP contribution in [0.3, 0.4) is 0 Å². The van der Waals surface area contributed by atoms with Crippen LogP contribution in [0.2, 0.25) is 0 Å². The van der Waals surface area contributed by atoms with Crippen LogP contribution < -0.4 is 14.8 Å². The van der Waals surface area contributed by atoms with Crippen LogP contribution in [0.25, 0.3) is 0 Å². The molecule has 4 aromatic rings. The SMILES string of the molecule is Cn1nnnc1SCC1NCCc2cc(OC(=O)c3cccs3)c(OC(=O)c3cccs3)cc21.O=C(O)C=CC(=O)O. The third-order valence-electron chi connectivity index (χ3n) is 5.54. The molecule has 0 amide bonds. The predicted molar refractivity (Wildman–Crippen MR) is 153 cm³/mol. The van der Waals surface area contributed by atoms with Crippen LogP contribution in [0.5, 0.6) is 11.5 Å². The van der Waals surface area contributed by atoms with Crippen LogP contribution in [0.15, 0.2) is 64.5 Å². The second-order valence-electron chi connectivity index (χ2n) is 8.39. The predicted octanol–water partition coefficient (Wildman–Crippen LogP) is 3.46. The fourth-order valence-electron chi connectivity index (χ4n) is 3.69. The fourth-order valence-corrected chi connectivity index (χ4v) is 5.82. The van der Waals surface area contributed by atoms with E-state index in [-0.39, 0.29) is 17.5 Å². The zero-order valence-corrected chi connectivity index (χ0v) is 24.3. The van der Waals surface area contributed by atoms with E-state index in [4.69, 9.17) is 19.7 Å². The molecule has 16 heteroatoms. The van der Waals surface area contributed by atoms with Crippen molar-refractivity contribution in [3.05, 3.63) is 80.2 Å². The van der Waals surface area contributed by atoms with Crippen molar-refractivity contribution in [3.8, 4) is 11.5 Å². The fraction of sp³-hybridized carbons (Fsp3) is 0.192. The number of thiophene rings is 2. The van der Waals surface area contributed by atoms with E-state index in [0.29, 0.717) is 32.8 Å². The van der Waals surface area contributed by atoms with Crippen LogP contribution in [0, 0.1) is 0 Å². The molecule has 0 saturated carbocycles. The number of esters is 2. The van der Waals surface area contributed by atoms with Gasteiger partial charge in [-0.2, -0.15) is 0 Å². The molecule has 5 rings (SSSR count). The minimum Gasteiger partial charge on any atom is -0.478 e. The van der Waals surface area contributed by atoms with Crippen molar-refractivity contribution in [2.45, 2.75) is 17.6 Å². The van der Waals surface area contributed by atoms with E-state index < -0.39 is 23.9 Å². The van der Waals surface area contributed by atoms with Crippen LogP contribution in [-0.4, -0.2) is 66.6 Å². The van der Waals surface area contributed by atoms with Crippen LogP contribution in [0.1, 0.15) is 36.5 Å². The lowest BCUT2D eigenvalue weighted by Gasteiger charge is -2.27. The number of fused-ring (bicyclic) bond motifs is 1. The number of carbonyl (C=O) groups excluding carboxylic acids is 2. The molecule has 0 bridgehead atoms. The van der Waals surface area contributed by atoms with E-state index in [1.54, 1.807) is 53.5 Å². The zero-order valence-electron chi connectivity index (χ0n) is 21.8. The number of hydrogen-bond acceptors (Lipinski definition) is 13. The molecule has 1 unspecified atom stereocenters. The van der Waals surface area contributed by atoms with Gasteiger partial charge in [-0.15, -0.1) is 27.8 Å². The molecule has 0 aliphatic carbocycles. The monoisotopic (exact) mass is 629 g/mol. The summed E-state index contributed by atoms with van der Waals surface area (Å²) in [5, 5.41) is 35.0. The van der Waals surface area contributed by atoms with Gasteiger partial charge in [-0.25, -0.2) is 23.9 Å². The molecule has 3 aromatic heterocycles. The van der Waals surface area contributed by atoms with Gasteiger partial charge in [0.2, 0.25) is 5.16 Å². The Kier molecular flexibility index (Phi) is 10.6. The van der Waals surface area contributed by atoms with E-state index in [9.17, 15) is 19.2 Å². The minimum absolute atomic E-state index is 0.0216. The Morgan fingerprint density at radius 2 is 1.62 bits per heavy atom. The molecule has 0 spiro atoms.